The number of piperidine rings is 1. The van der Waals surface area contributed by atoms with Crippen molar-refractivity contribution in [2.75, 3.05) is 20.2 Å². The Labute approximate surface area is 139 Å². The van der Waals surface area contributed by atoms with E-state index in [0.717, 1.165) is 37.1 Å². The SMILES string of the molecule is COc1cccc(-c2cc(C3CCNCC3)cc(C(F)(F)F)c2)c1. The van der Waals surface area contributed by atoms with Crippen molar-refractivity contribution in [3.63, 3.8) is 0 Å². The lowest BCUT2D eigenvalue weighted by molar-refractivity contribution is -0.137. The molecular weight excluding hydrogens is 315 g/mol. The van der Waals surface area contributed by atoms with Crippen LogP contribution < -0.4 is 10.1 Å². The van der Waals surface area contributed by atoms with Gasteiger partial charge in [-0.2, -0.15) is 13.2 Å². The van der Waals surface area contributed by atoms with Crippen LogP contribution in [0.5, 0.6) is 5.75 Å². The van der Waals surface area contributed by atoms with Gasteiger partial charge in [0.1, 0.15) is 5.75 Å². The number of halogens is 3. The van der Waals surface area contributed by atoms with Crippen LogP contribution in [0.25, 0.3) is 11.1 Å². The monoisotopic (exact) mass is 335 g/mol. The summed E-state index contributed by atoms with van der Waals surface area (Å²) >= 11 is 0. The molecule has 1 aliphatic rings. The van der Waals surface area contributed by atoms with Crippen molar-refractivity contribution >= 4 is 0 Å². The first kappa shape index (κ1) is 16.8. The lowest BCUT2D eigenvalue weighted by Crippen LogP contribution is -2.26. The van der Waals surface area contributed by atoms with Crippen LogP contribution in [0.1, 0.15) is 29.9 Å². The summed E-state index contributed by atoms with van der Waals surface area (Å²) in [5.41, 5.74) is 1.49. The van der Waals surface area contributed by atoms with Crippen molar-refractivity contribution < 1.29 is 17.9 Å². The number of nitrogens with one attached hydrogen (secondary N) is 1. The molecule has 128 valence electrons. The highest BCUT2D eigenvalue weighted by Gasteiger charge is 2.32. The molecule has 3 rings (SSSR count). The van der Waals surface area contributed by atoms with Crippen LogP contribution in [0.2, 0.25) is 0 Å². The van der Waals surface area contributed by atoms with Crippen molar-refractivity contribution in [3.8, 4) is 16.9 Å². The lowest BCUT2D eigenvalue weighted by atomic mass is 9.87. The van der Waals surface area contributed by atoms with Crippen LogP contribution in [0.3, 0.4) is 0 Å². The first-order chi connectivity index (χ1) is 11.5. The predicted molar refractivity (Wildman–Crippen MR) is 88.3 cm³/mol. The largest absolute Gasteiger partial charge is 0.497 e. The molecule has 2 aromatic carbocycles. The molecule has 24 heavy (non-hydrogen) atoms. The van der Waals surface area contributed by atoms with E-state index in [4.69, 9.17) is 4.74 Å². The Morgan fingerprint density at radius 2 is 1.75 bits per heavy atom. The Morgan fingerprint density at radius 3 is 2.42 bits per heavy atom. The van der Waals surface area contributed by atoms with E-state index in [1.54, 1.807) is 25.3 Å². The number of alkyl halides is 3. The molecule has 0 spiro atoms. The molecular formula is C19H20F3NO. The summed E-state index contributed by atoms with van der Waals surface area (Å²) in [5.74, 6) is 0.797. The zero-order chi connectivity index (χ0) is 17.2. The summed E-state index contributed by atoms with van der Waals surface area (Å²) in [4.78, 5) is 0. The minimum Gasteiger partial charge on any atom is -0.497 e. The van der Waals surface area contributed by atoms with Gasteiger partial charge in [-0.1, -0.05) is 18.2 Å². The second-order valence-electron chi connectivity index (χ2n) is 6.10. The summed E-state index contributed by atoms with van der Waals surface area (Å²) in [5, 5.41) is 3.25. The van der Waals surface area contributed by atoms with E-state index in [1.165, 1.54) is 12.1 Å². The van der Waals surface area contributed by atoms with E-state index in [-0.39, 0.29) is 5.92 Å². The summed E-state index contributed by atoms with van der Waals surface area (Å²) < 4.78 is 45.2. The van der Waals surface area contributed by atoms with E-state index in [0.29, 0.717) is 11.3 Å². The van der Waals surface area contributed by atoms with Gasteiger partial charge in [0.15, 0.2) is 0 Å². The minimum absolute atomic E-state index is 0.165. The first-order valence-corrected chi connectivity index (χ1v) is 8.05. The first-order valence-electron chi connectivity index (χ1n) is 8.05. The van der Waals surface area contributed by atoms with Crippen LogP contribution in [0, 0.1) is 0 Å². The van der Waals surface area contributed by atoms with Gasteiger partial charge in [-0.3, -0.25) is 0 Å². The summed E-state index contributed by atoms with van der Waals surface area (Å²) in [7, 11) is 1.55. The van der Waals surface area contributed by atoms with Gasteiger partial charge in [0.2, 0.25) is 0 Å². The van der Waals surface area contributed by atoms with Crippen molar-refractivity contribution in [2.45, 2.75) is 24.9 Å². The van der Waals surface area contributed by atoms with Gasteiger partial charge in [-0.25, -0.2) is 0 Å². The number of methoxy groups -OCH3 is 1. The standard InChI is InChI=1S/C19H20F3NO/c1-24-18-4-2-3-14(12-18)16-9-15(13-5-7-23-8-6-13)10-17(11-16)19(20,21)22/h2-4,9-13,23H,5-8H2,1H3. The average molecular weight is 335 g/mol. The molecule has 2 aromatic rings. The zero-order valence-corrected chi connectivity index (χ0v) is 13.5. The molecule has 0 atom stereocenters. The molecule has 0 bridgehead atoms. The van der Waals surface area contributed by atoms with Crippen LogP contribution >= 0.6 is 0 Å². The van der Waals surface area contributed by atoms with E-state index in [1.807, 2.05) is 12.1 Å². The van der Waals surface area contributed by atoms with Crippen LogP contribution in [-0.2, 0) is 6.18 Å². The summed E-state index contributed by atoms with van der Waals surface area (Å²) in [6.45, 7) is 1.69. The van der Waals surface area contributed by atoms with Gasteiger partial charge >= 0.3 is 6.18 Å². The van der Waals surface area contributed by atoms with Crippen molar-refractivity contribution in [2.24, 2.45) is 0 Å². The smallest absolute Gasteiger partial charge is 0.416 e. The fourth-order valence-corrected chi connectivity index (χ4v) is 3.18. The zero-order valence-electron chi connectivity index (χ0n) is 13.5. The number of hydrogen-bond acceptors (Lipinski definition) is 2. The molecule has 1 fully saturated rings. The molecule has 5 heteroatoms. The molecule has 0 unspecified atom stereocenters. The quantitative estimate of drug-likeness (QED) is 0.866. The Balaban J connectivity index is 2.07. The molecule has 2 nitrogen and oxygen atoms in total. The molecule has 0 radical (unpaired) electrons. The maximum Gasteiger partial charge on any atom is 0.416 e. The number of ether oxygens (including phenoxy) is 1. The third kappa shape index (κ3) is 3.73. The molecule has 0 aromatic heterocycles. The molecule has 1 aliphatic heterocycles. The van der Waals surface area contributed by atoms with E-state index in [9.17, 15) is 13.2 Å². The normalized spacial score (nSPS) is 16.2. The maximum atomic E-state index is 13.3. The molecule has 0 amide bonds. The van der Waals surface area contributed by atoms with Crippen LogP contribution in [-0.4, -0.2) is 20.2 Å². The molecule has 1 saturated heterocycles. The highest BCUT2D eigenvalue weighted by atomic mass is 19.4. The van der Waals surface area contributed by atoms with Gasteiger partial charge < -0.3 is 10.1 Å². The molecule has 1 heterocycles. The van der Waals surface area contributed by atoms with Crippen molar-refractivity contribution in [1.29, 1.82) is 0 Å². The molecule has 0 saturated carbocycles. The van der Waals surface area contributed by atoms with E-state index in [2.05, 4.69) is 5.32 Å². The Bertz CT molecular complexity index is 706. The predicted octanol–water partition coefficient (Wildman–Crippen LogP) is 4.85. The average Bonchev–Trinajstić information content (AvgIpc) is 2.61. The van der Waals surface area contributed by atoms with Crippen LogP contribution in [0.15, 0.2) is 42.5 Å². The number of benzene rings is 2. The Kier molecular flexibility index (Phi) is 4.81. The topological polar surface area (TPSA) is 21.3 Å². The fourth-order valence-electron chi connectivity index (χ4n) is 3.18. The van der Waals surface area contributed by atoms with Crippen LogP contribution in [0.4, 0.5) is 13.2 Å². The van der Waals surface area contributed by atoms with Gasteiger partial charge in [0, 0.05) is 0 Å². The van der Waals surface area contributed by atoms with Gasteiger partial charge in [0.05, 0.1) is 12.7 Å². The van der Waals surface area contributed by atoms with Crippen molar-refractivity contribution in [1.82, 2.24) is 5.32 Å². The summed E-state index contributed by atoms with van der Waals surface area (Å²) in [6, 6.07) is 11.6. The van der Waals surface area contributed by atoms with Crippen molar-refractivity contribution in [3.05, 3.63) is 53.6 Å². The Morgan fingerprint density at radius 1 is 1.00 bits per heavy atom. The summed E-state index contributed by atoms with van der Waals surface area (Å²) in [6.07, 6.45) is -2.63. The van der Waals surface area contributed by atoms with Gasteiger partial charge in [-0.15, -0.1) is 0 Å². The molecule has 1 N–H and O–H groups in total. The Hall–Kier alpha value is -2.01. The lowest BCUT2D eigenvalue weighted by Gasteiger charge is -2.24. The second kappa shape index (κ2) is 6.85. The van der Waals surface area contributed by atoms with E-state index >= 15 is 0 Å². The number of hydrogen-bond donors (Lipinski definition) is 1. The molecule has 0 aliphatic carbocycles. The maximum absolute atomic E-state index is 13.3. The highest BCUT2D eigenvalue weighted by molar-refractivity contribution is 5.67. The van der Waals surface area contributed by atoms with Gasteiger partial charge in [0.25, 0.3) is 0 Å². The second-order valence-corrected chi connectivity index (χ2v) is 6.10. The number of rotatable bonds is 3. The fraction of sp³-hybridized carbons (Fsp3) is 0.368. The highest BCUT2D eigenvalue weighted by Crippen LogP contribution is 2.37. The third-order valence-corrected chi connectivity index (χ3v) is 4.50. The van der Waals surface area contributed by atoms with Gasteiger partial charge in [-0.05, 0) is 72.8 Å². The third-order valence-electron chi connectivity index (χ3n) is 4.50. The minimum atomic E-state index is -4.35. The van der Waals surface area contributed by atoms with E-state index < -0.39 is 11.7 Å².